The molecule has 1 fully saturated rings. The Morgan fingerprint density at radius 1 is 0.941 bits per heavy atom. The number of amides is 2. The van der Waals surface area contributed by atoms with Crippen molar-refractivity contribution in [2.24, 2.45) is 11.8 Å². The Bertz CT molecular complexity index is 988. The molecule has 0 saturated heterocycles. The molecule has 0 radical (unpaired) electrons. The number of carboxylic acid groups (broad SMARTS) is 1. The number of alkyl carbamates (subject to hydrolysis) is 1. The first-order chi connectivity index (χ1) is 16.5. The maximum Gasteiger partial charge on any atom is 0.407 e. The molecule has 2 aromatic rings. The molecule has 2 aliphatic carbocycles. The summed E-state index contributed by atoms with van der Waals surface area (Å²) < 4.78 is 5.51. The van der Waals surface area contributed by atoms with Gasteiger partial charge in [0.2, 0.25) is 5.91 Å². The topological polar surface area (TPSA) is 105 Å². The lowest BCUT2D eigenvalue weighted by atomic mass is 9.98. The van der Waals surface area contributed by atoms with Gasteiger partial charge in [-0.2, -0.15) is 0 Å². The van der Waals surface area contributed by atoms with Gasteiger partial charge in [-0.05, 0) is 59.8 Å². The molecule has 1 atom stereocenters. The highest BCUT2D eigenvalue weighted by atomic mass is 16.5. The molecule has 7 nitrogen and oxygen atoms in total. The molecule has 3 N–H and O–H groups in total. The minimum absolute atomic E-state index is 0.0247. The normalized spacial score (nSPS) is 15.2. The number of unbranched alkanes of at least 4 members (excludes halogenated alkanes) is 1. The number of carbonyl (C=O) groups excluding carboxylic acids is 2. The van der Waals surface area contributed by atoms with E-state index in [1.54, 1.807) is 0 Å². The highest BCUT2D eigenvalue weighted by molar-refractivity contribution is 5.79. The van der Waals surface area contributed by atoms with E-state index in [2.05, 4.69) is 34.9 Å². The standard InChI is InChI=1S/C27H32N2O5/c30-25(29-16-19(15-26(31)32)18-12-13-18)11-5-6-14-28-27(33)34-17-24-22-9-3-1-7-20(22)21-8-2-4-10-23(21)24/h1-4,7-10,18-19,24H,5-6,11-17H2,(H,28,33)(H,29,30)(H,31,32). The number of rotatable bonds is 12. The van der Waals surface area contributed by atoms with Crippen LogP contribution in [-0.4, -0.2) is 42.8 Å². The van der Waals surface area contributed by atoms with E-state index in [9.17, 15) is 14.4 Å². The van der Waals surface area contributed by atoms with Crippen LogP contribution in [0.2, 0.25) is 0 Å². The number of hydrogen-bond donors (Lipinski definition) is 3. The first-order valence-corrected chi connectivity index (χ1v) is 12.1. The molecule has 1 saturated carbocycles. The lowest BCUT2D eigenvalue weighted by molar-refractivity contribution is -0.138. The third-order valence-electron chi connectivity index (χ3n) is 6.73. The Morgan fingerprint density at radius 2 is 1.59 bits per heavy atom. The summed E-state index contributed by atoms with van der Waals surface area (Å²) in [6, 6.07) is 16.4. The number of carbonyl (C=O) groups is 3. The van der Waals surface area contributed by atoms with Gasteiger partial charge in [0.1, 0.15) is 6.61 Å². The molecule has 2 aromatic carbocycles. The predicted octanol–water partition coefficient (Wildman–Crippen LogP) is 4.31. The largest absolute Gasteiger partial charge is 0.481 e. The van der Waals surface area contributed by atoms with Gasteiger partial charge in [0.25, 0.3) is 0 Å². The molecule has 2 aliphatic rings. The summed E-state index contributed by atoms with van der Waals surface area (Å²) >= 11 is 0. The predicted molar refractivity (Wildman–Crippen MR) is 128 cm³/mol. The number of nitrogens with one attached hydrogen (secondary N) is 2. The second kappa shape index (κ2) is 11.2. The monoisotopic (exact) mass is 464 g/mol. The first-order valence-electron chi connectivity index (χ1n) is 12.1. The van der Waals surface area contributed by atoms with Gasteiger partial charge >= 0.3 is 12.1 Å². The maximum atomic E-state index is 12.2. The van der Waals surface area contributed by atoms with Crippen LogP contribution in [0.3, 0.4) is 0 Å². The third-order valence-corrected chi connectivity index (χ3v) is 6.73. The van der Waals surface area contributed by atoms with Gasteiger partial charge in [-0.3, -0.25) is 9.59 Å². The van der Waals surface area contributed by atoms with E-state index in [-0.39, 0.29) is 30.8 Å². The molecule has 1 unspecified atom stereocenters. The lowest BCUT2D eigenvalue weighted by Crippen LogP contribution is -2.31. The van der Waals surface area contributed by atoms with Gasteiger partial charge in [0.05, 0.1) is 6.42 Å². The van der Waals surface area contributed by atoms with E-state index >= 15 is 0 Å². The third kappa shape index (κ3) is 6.16. The van der Waals surface area contributed by atoms with Crippen molar-refractivity contribution < 1.29 is 24.2 Å². The van der Waals surface area contributed by atoms with E-state index < -0.39 is 12.1 Å². The molecule has 0 bridgehead atoms. The van der Waals surface area contributed by atoms with Crippen molar-refractivity contribution in [2.75, 3.05) is 19.7 Å². The fourth-order valence-electron chi connectivity index (χ4n) is 4.78. The summed E-state index contributed by atoms with van der Waals surface area (Å²) in [6.45, 7) is 1.14. The zero-order valence-electron chi connectivity index (χ0n) is 19.3. The van der Waals surface area contributed by atoms with E-state index in [1.807, 2.05) is 24.3 Å². The fourth-order valence-corrected chi connectivity index (χ4v) is 4.78. The fraction of sp³-hybridized carbons (Fsp3) is 0.444. The van der Waals surface area contributed by atoms with Crippen LogP contribution in [0.1, 0.15) is 55.6 Å². The van der Waals surface area contributed by atoms with Crippen molar-refractivity contribution in [1.29, 1.82) is 0 Å². The zero-order valence-corrected chi connectivity index (χ0v) is 19.3. The number of ether oxygens (including phenoxy) is 1. The van der Waals surface area contributed by atoms with Crippen LogP contribution in [0.15, 0.2) is 48.5 Å². The van der Waals surface area contributed by atoms with Crippen LogP contribution in [0.25, 0.3) is 11.1 Å². The Morgan fingerprint density at radius 3 is 2.21 bits per heavy atom. The van der Waals surface area contributed by atoms with E-state index in [4.69, 9.17) is 9.84 Å². The number of benzene rings is 2. The van der Waals surface area contributed by atoms with Crippen molar-refractivity contribution in [1.82, 2.24) is 10.6 Å². The van der Waals surface area contributed by atoms with Crippen molar-refractivity contribution in [3.63, 3.8) is 0 Å². The Kier molecular flexibility index (Phi) is 7.83. The van der Waals surface area contributed by atoms with Crippen LogP contribution in [0, 0.1) is 11.8 Å². The summed E-state index contributed by atoms with van der Waals surface area (Å²) in [5, 5.41) is 14.6. The summed E-state index contributed by atoms with van der Waals surface area (Å²) in [6.07, 6.45) is 3.42. The number of aliphatic carboxylic acids is 1. The van der Waals surface area contributed by atoms with Crippen LogP contribution in [-0.2, 0) is 14.3 Å². The SMILES string of the molecule is O=C(O)CC(CNC(=O)CCCCNC(=O)OCC1c2ccccc2-c2ccccc21)C1CC1. The van der Waals surface area contributed by atoms with Gasteiger partial charge in [-0.1, -0.05) is 48.5 Å². The average molecular weight is 465 g/mol. The first kappa shape index (κ1) is 23.8. The summed E-state index contributed by atoms with van der Waals surface area (Å²) in [5.41, 5.74) is 4.73. The molecular formula is C27H32N2O5. The van der Waals surface area contributed by atoms with Crippen LogP contribution >= 0.6 is 0 Å². The number of carboxylic acids is 1. The quantitative estimate of drug-likeness (QED) is 0.406. The zero-order chi connectivity index (χ0) is 23.9. The molecule has 0 aromatic heterocycles. The van der Waals surface area contributed by atoms with Crippen LogP contribution in [0.5, 0.6) is 0 Å². The molecule has 4 rings (SSSR count). The van der Waals surface area contributed by atoms with Gasteiger partial charge in [-0.25, -0.2) is 4.79 Å². The van der Waals surface area contributed by atoms with Gasteiger partial charge in [-0.15, -0.1) is 0 Å². The molecular weight excluding hydrogens is 432 g/mol. The smallest absolute Gasteiger partial charge is 0.407 e. The van der Waals surface area contributed by atoms with Crippen LogP contribution in [0.4, 0.5) is 4.79 Å². The summed E-state index contributed by atoms with van der Waals surface area (Å²) in [4.78, 5) is 35.2. The summed E-state index contributed by atoms with van der Waals surface area (Å²) in [5.74, 6) is -0.403. The minimum atomic E-state index is -0.814. The Balaban J connectivity index is 1.12. The van der Waals surface area contributed by atoms with Gasteiger partial charge in [0, 0.05) is 25.4 Å². The molecule has 0 spiro atoms. The van der Waals surface area contributed by atoms with Gasteiger partial charge < -0.3 is 20.5 Å². The summed E-state index contributed by atoms with van der Waals surface area (Å²) in [7, 11) is 0. The number of fused-ring (bicyclic) bond motifs is 3. The van der Waals surface area contributed by atoms with Crippen LogP contribution < -0.4 is 10.6 Å². The van der Waals surface area contributed by atoms with Gasteiger partial charge in [0.15, 0.2) is 0 Å². The number of hydrogen-bond acceptors (Lipinski definition) is 4. The van der Waals surface area contributed by atoms with Crippen molar-refractivity contribution >= 4 is 18.0 Å². The van der Waals surface area contributed by atoms with Crippen molar-refractivity contribution in [2.45, 2.75) is 44.4 Å². The molecule has 0 heterocycles. The maximum absolute atomic E-state index is 12.2. The highest BCUT2D eigenvalue weighted by Gasteiger charge is 2.32. The van der Waals surface area contributed by atoms with Crippen molar-refractivity contribution in [3.8, 4) is 11.1 Å². The van der Waals surface area contributed by atoms with E-state index in [0.29, 0.717) is 38.3 Å². The second-order valence-corrected chi connectivity index (χ2v) is 9.21. The van der Waals surface area contributed by atoms with Crippen molar-refractivity contribution in [3.05, 3.63) is 59.7 Å². The lowest BCUT2D eigenvalue weighted by Gasteiger charge is -2.15. The molecule has 2 amide bonds. The highest BCUT2D eigenvalue weighted by Crippen LogP contribution is 2.44. The molecule has 34 heavy (non-hydrogen) atoms. The Labute approximate surface area is 199 Å². The second-order valence-electron chi connectivity index (χ2n) is 9.21. The molecule has 0 aliphatic heterocycles. The van der Waals surface area contributed by atoms with E-state index in [0.717, 1.165) is 12.8 Å². The molecule has 7 heteroatoms. The minimum Gasteiger partial charge on any atom is -0.481 e. The average Bonchev–Trinajstić information content (AvgIpc) is 3.63. The van der Waals surface area contributed by atoms with E-state index in [1.165, 1.54) is 22.3 Å². The Hall–Kier alpha value is -3.35. The molecule has 180 valence electrons.